The molecule has 1 heterocycles. The minimum absolute atomic E-state index is 0.00143. The number of nitrogens with two attached hydrogens (primary N) is 1. The Bertz CT molecular complexity index is 660. The Morgan fingerprint density at radius 2 is 1.78 bits per heavy atom. The number of carbonyl (C=O) groups is 3. The topological polar surface area (TPSA) is 124 Å². The van der Waals surface area contributed by atoms with Crippen LogP contribution in [0, 0.1) is 11.3 Å². The lowest BCUT2D eigenvalue weighted by molar-refractivity contribution is -0.148. The SMILES string of the molecule is N#CCC(CCCCN)(C(=O)O)N1C(=O)c2ccccc2C1=O. The van der Waals surface area contributed by atoms with E-state index in [-0.39, 0.29) is 17.5 Å². The van der Waals surface area contributed by atoms with Gasteiger partial charge in [-0.15, -0.1) is 0 Å². The first-order valence-electron chi connectivity index (χ1n) is 7.28. The monoisotopic (exact) mass is 315 g/mol. The molecule has 7 heteroatoms. The summed E-state index contributed by atoms with van der Waals surface area (Å²) in [6.07, 6.45) is 0.485. The van der Waals surface area contributed by atoms with E-state index in [2.05, 4.69) is 0 Å². The van der Waals surface area contributed by atoms with Crippen molar-refractivity contribution >= 4 is 17.8 Å². The summed E-state index contributed by atoms with van der Waals surface area (Å²) in [4.78, 5) is 37.8. The number of amides is 2. The number of hydrogen-bond donors (Lipinski definition) is 2. The molecule has 7 nitrogen and oxygen atoms in total. The van der Waals surface area contributed by atoms with Gasteiger partial charge in [-0.2, -0.15) is 5.26 Å². The molecule has 0 spiro atoms. The molecule has 1 aliphatic rings. The zero-order valence-electron chi connectivity index (χ0n) is 12.5. The van der Waals surface area contributed by atoms with Crippen LogP contribution in [0.4, 0.5) is 0 Å². The van der Waals surface area contributed by atoms with E-state index in [0.29, 0.717) is 19.4 Å². The van der Waals surface area contributed by atoms with E-state index < -0.39 is 29.7 Å². The number of benzene rings is 1. The molecule has 0 saturated carbocycles. The van der Waals surface area contributed by atoms with E-state index >= 15 is 0 Å². The zero-order chi connectivity index (χ0) is 17.0. The van der Waals surface area contributed by atoms with Gasteiger partial charge in [-0.3, -0.25) is 14.5 Å². The number of rotatable bonds is 7. The van der Waals surface area contributed by atoms with Gasteiger partial charge in [-0.25, -0.2) is 4.79 Å². The lowest BCUT2D eigenvalue weighted by atomic mass is 9.87. The molecule has 1 unspecified atom stereocenters. The van der Waals surface area contributed by atoms with E-state index in [1.165, 1.54) is 12.1 Å². The van der Waals surface area contributed by atoms with Gasteiger partial charge in [0.25, 0.3) is 11.8 Å². The number of hydrogen-bond acceptors (Lipinski definition) is 5. The fraction of sp³-hybridized carbons (Fsp3) is 0.375. The Morgan fingerprint density at radius 1 is 1.22 bits per heavy atom. The average Bonchev–Trinajstić information content (AvgIpc) is 2.79. The maximum absolute atomic E-state index is 12.6. The number of nitriles is 1. The Balaban J connectivity index is 2.48. The lowest BCUT2D eigenvalue weighted by Crippen LogP contribution is -2.57. The van der Waals surface area contributed by atoms with E-state index in [0.717, 1.165) is 4.90 Å². The first kappa shape index (κ1) is 16.6. The highest BCUT2D eigenvalue weighted by Crippen LogP contribution is 2.35. The normalized spacial score (nSPS) is 15.9. The van der Waals surface area contributed by atoms with Crippen molar-refractivity contribution in [3.63, 3.8) is 0 Å². The third-order valence-electron chi connectivity index (χ3n) is 4.04. The number of fused-ring (bicyclic) bond motifs is 1. The summed E-state index contributed by atoms with van der Waals surface area (Å²) in [6, 6.07) is 7.98. The summed E-state index contributed by atoms with van der Waals surface area (Å²) in [7, 11) is 0. The molecule has 3 N–H and O–H groups in total. The van der Waals surface area contributed by atoms with Crippen molar-refractivity contribution in [1.29, 1.82) is 5.26 Å². The third-order valence-corrected chi connectivity index (χ3v) is 4.04. The maximum atomic E-state index is 12.6. The molecule has 0 aromatic heterocycles. The summed E-state index contributed by atoms with van der Waals surface area (Å²) in [6.45, 7) is 0.365. The second-order valence-electron chi connectivity index (χ2n) is 5.41. The molecule has 1 aromatic carbocycles. The molecular weight excluding hydrogens is 298 g/mol. The summed E-state index contributed by atoms with van der Waals surface area (Å²) in [5.74, 6) is -2.70. The quantitative estimate of drug-likeness (QED) is 0.574. The molecule has 120 valence electrons. The van der Waals surface area contributed by atoms with E-state index in [4.69, 9.17) is 11.0 Å². The average molecular weight is 315 g/mol. The summed E-state index contributed by atoms with van der Waals surface area (Å²) in [5.41, 5.74) is 3.89. The number of carboxylic acid groups (broad SMARTS) is 1. The molecule has 0 radical (unpaired) electrons. The Hall–Kier alpha value is -2.72. The van der Waals surface area contributed by atoms with Gasteiger partial charge >= 0.3 is 5.97 Å². The van der Waals surface area contributed by atoms with Gasteiger partial charge in [0.2, 0.25) is 0 Å². The number of imide groups is 1. The predicted molar refractivity (Wildman–Crippen MR) is 80.4 cm³/mol. The van der Waals surface area contributed by atoms with Crippen molar-refractivity contribution in [2.75, 3.05) is 6.54 Å². The van der Waals surface area contributed by atoms with E-state index in [9.17, 15) is 19.5 Å². The largest absolute Gasteiger partial charge is 0.479 e. The lowest BCUT2D eigenvalue weighted by Gasteiger charge is -2.35. The minimum Gasteiger partial charge on any atom is -0.479 e. The Labute approximate surface area is 133 Å². The smallest absolute Gasteiger partial charge is 0.331 e. The van der Waals surface area contributed by atoms with Gasteiger partial charge in [-0.05, 0) is 37.9 Å². The second-order valence-corrected chi connectivity index (χ2v) is 5.41. The van der Waals surface area contributed by atoms with Crippen molar-refractivity contribution in [2.45, 2.75) is 31.2 Å². The van der Waals surface area contributed by atoms with Crippen LogP contribution in [0.3, 0.4) is 0 Å². The van der Waals surface area contributed by atoms with Crippen molar-refractivity contribution < 1.29 is 19.5 Å². The van der Waals surface area contributed by atoms with Crippen molar-refractivity contribution in [1.82, 2.24) is 4.90 Å². The predicted octanol–water partition coefficient (Wildman–Crippen LogP) is 1.15. The molecule has 0 aliphatic carbocycles. The highest BCUT2D eigenvalue weighted by molar-refractivity contribution is 6.23. The second kappa shape index (κ2) is 6.58. The van der Waals surface area contributed by atoms with Crippen LogP contribution in [0.1, 0.15) is 46.4 Å². The van der Waals surface area contributed by atoms with Crippen molar-refractivity contribution in [2.24, 2.45) is 5.73 Å². The molecule has 0 bridgehead atoms. The molecule has 0 saturated heterocycles. The molecule has 1 aromatic rings. The zero-order valence-corrected chi connectivity index (χ0v) is 12.5. The van der Waals surface area contributed by atoms with Crippen LogP contribution < -0.4 is 5.73 Å². The minimum atomic E-state index is -1.86. The Kier molecular flexibility index (Phi) is 4.77. The standard InChI is InChI=1S/C16H17N3O4/c17-9-4-3-7-16(8-10-18,15(22)23)19-13(20)11-5-1-2-6-12(11)14(19)21/h1-2,5-6H,3-4,7-9,17H2,(H,22,23). The van der Waals surface area contributed by atoms with E-state index in [1.54, 1.807) is 18.2 Å². The van der Waals surface area contributed by atoms with Crippen LogP contribution in [0.15, 0.2) is 24.3 Å². The van der Waals surface area contributed by atoms with Crippen molar-refractivity contribution in [3.8, 4) is 6.07 Å². The molecule has 2 amide bonds. The Morgan fingerprint density at radius 3 is 2.22 bits per heavy atom. The molecule has 23 heavy (non-hydrogen) atoms. The highest BCUT2D eigenvalue weighted by atomic mass is 16.4. The number of aliphatic carboxylic acids is 1. The van der Waals surface area contributed by atoms with Gasteiger partial charge in [0.15, 0.2) is 5.54 Å². The van der Waals surface area contributed by atoms with Gasteiger partial charge < -0.3 is 10.8 Å². The number of unbranched alkanes of at least 4 members (excludes halogenated alkanes) is 1. The maximum Gasteiger partial charge on any atom is 0.331 e. The van der Waals surface area contributed by atoms with Crippen LogP contribution >= 0.6 is 0 Å². The van der Waals surface area contributed by atoms with Gasteiger partial charge in [0.05, 0.1) is 23.6 Å². The summed E-state index contributed by atoms with van der Waals surface area (Å²) >= 11 is 0. The fourth-order valence-corrected chi connectivity index (χ4v) is 2.83. The molecule has 1 atom stereocenters. The van der Waals surface area contributed by atoms with Crippen LogP contribution in [-0.4, -0.2) is 39.9 Å². The summed E-state index contributed by atoms with van der Waals surface area (Å²) < 4.78 is 0. The molecular formula is C16H17N3O4. The van der Waals surface area contributed by atoms with Gasteiger partial charge in [0, 0.05) is 0 Å². The van der Waals surface area contributed by atoms with E-state index in [1.807, 2.05) is 0 Å². The molecule has 2 rings (SSSR count). The molecule has 0 fully saturated rings. The van der Waals surface area contributed by atoms with Crippen molar-refractivity contribution in [3.05, 3.63) is 35.4 Å². The number of carbonyl (C=O) groups excluding carboxylic acids is 2. The molecule has 1 aliphatic heterocycles. The summed E-state index contributed by atoms with van der Waals surface area (Å²) in [5, 5.41) is 18.8. The number of carboxylic acids is 1. The first-order valence-corrected chi connectivity index (χ1v) is 7.28. The van der Waals surface area contributed by atoms with Crippen LogP contribution in [0.25, 0.3) is 0 Å². The highest BCUT2D eigenvalue weighted by Gasteiger charge is 2.53. The fourth-order valence-electron chi connectivity index (χ4n) is 2.83. The third kappa shape index (κ3) is 2.69. The van der Waals surface area contributed by atoms with Crippen LogP contribution in [-0.2, 0) is 4.79 Å². The van der Waals surface area contributed by atoms with Crippen LogP contribution in [0.5, 0.6) is 0 Å². The number of nitrogens with zero attached hydrogens (tertiary/aromatic N) is 2. The van der Waals surface area contributed by atoms with Crippen LogP contribution in [0.2, 0.25) is 0 Å². The van der Waals surface area contributed by atoms with Gasteiger partial charge in [-0.1, -0.05) is 12.1 Å². The first-order chi connectivity index (χ1) is 11.0. The van der Waals surface area contributed by atoms with Gasteiger partial charge in [0.1, 0.15) is 0 Å².